The van der Waals surface area contributed by atoms with Crippen molar-refractivity contribution in [2.24, 2.45) is 0 Å². The maximum atomic E-state index is 13.7. The van der Waals surface area contributed by atoms with Crippen molar-refractivity contribution < 1.29 is 9.59 Å². The number of aryl methyl sites for hydroxylation is 1. The van der Waals surface area contributed by atoms with Gasteiger partial charge in [-0.05, 0) is 43.5 Å². The van der Waals surface area contributed by atoms with E-state index in [1.54, 1.807) is 29.3 Å². The van der Waals surface area contributed by atoms with Crippen molar-refractivity contribution in [3.63, 3.8) is 0 Å². The molecule has 0 bridgehead atoms. The zero-order chi connectivity index (χ0) is 25.2. The van der Waals surface area contributed by atoms with Crippen molar-refractivity contribution in [1.82, 2.24) is 24.6 Å². The van der Waals surface area contributed by atoms with Crippen molar-refractivity contribution in [3.05, 3.63) is 86.8 Å². The van der Waals surface area contributed by atoms with Crippen molar-refractivity contribution in [1.29, 1.82) is 0 Å². The number of carbonyl (C=O) groups is 2. The van der Waals surface area contributed by atoms with E-state index in [1.807, 2.05) is 16.6 Å². The molecule has 7 nitrogen and oxygen atoms in total. The van der Waals surface area contributed by atoms with Crippen molar-refractivity contribution in [3.8, 4) is 0 Å². The molecule has 2 aliphatic rings. The predicted octanol–water partition coefficient (Wildman–Crippen LogP) is 5.40. The van der Waals surface area contributed by atoms with Crippen LogP contribution in [0, 0.1) is 6.92 Å². The number of benzene rings is 2. The Morgan fingerprint density at radius 1 is 1.08 bits per heavy atom. The van der Waals surface area contributed by atoms with Crippen LogP contribution in [0.5, 0.6) is 0 Å². The smallest absolute Gasteiger partial charge is 0.270 e. The first-order chi connectivity index (χ1) is 17.3. The molecule has 184 valence electrons. The van der Waals surface area contributed by atoms with E-state index in [1.165, 1.54) is 5.56 Å². The molecular formula is C27H25Cl2N5O2. The minimum absolute atomic E-state index is 0.0735. The molecule has 0 radical (unpaired) electrons. The number of amides is 2. The van der Waals surface area contributed by atoms with Crippen LogP contribution >= 0.6 is 23.2 Å². The van der Waals surface area contributed by atoms with Gasteiger partial charge in [-0.1, -0.05) is 53.0 Å². The Kier molecular flexibility index (Phi) is 5.39. The van der Waals surface area contributed by atoms with Gasteiger partial charge in [-0.25, -0.2) is 0 Å². The van der Waals surface area contributed by atoms with E-state index in [4.69, 9.17) is 23.2 Å². The summed E-state index contributed by atoms with van der Waals surface area (Å²) in [5.41, 5.74) is 4.50. The molecule has 2 aromatic heterocycles. The molecule has 36 heavy (non-hydrogen) atoms. The third kappa shape index (κ3) is 3.69. The molecule has 3 heterocycles. The molecule has 0 spiro atoms. The van der Waals surface area contributed by atoms with Gasteiger partial charge in [0, 0.05) is 29.5 Å². The number of halogens is 2. The number of hydrogen-bond acceptors (Lipinski definition) is 3. The summed E-state index contributed by atoms with van der Waals surface area (Å²) < 4.78 is 1.83. The summed E-state index contributed by atoms with van der Waals surface area (Å²) in [5.74, 6) is -0.230. The number of aromatic nitrogens is 3. The standard InChI is InChI=1S/C27H25Cl2N5O2/c1-16-3-5-17(6-4-16)27(7-8-27)32(2)25(35)20-14-30-34-10-9-33(15-24(20)34)26(36)23-13-19-21(29)11-18(28)12-22(19)31-23/h3-6,11-14,31H,7-10,15H2,1-2H3. The van der Waals surface area contributed by atoms with Crippen LogP contribution in [-0.4, -0.2) is 50.0 Å². The van der Waals surface area contributed by atoms with Crippen LogP contribution in [0.1, 0.15) is 50.5 Å². The molecule has 1 aliphatic heterocycles. The Hall–Kier alpha value is -3.29. The number of carbonyl (C=O) groups excluding carboxylic acids is 2. The van der Waals surface area contributed by atoms with Gasteiger partial charge in [-0.2, -0.15) is 5.10 Å². The second-order valence-corrected chi connectivity index (χ2v) is 10.6. The lowest BCUT2D eigenvalue weighted by Crippen LogP contribution is -2.41. The lowest BCUT2D eigenvalue weighted by molar-refractivity contribution is 0.0670. The van der Waals surface area contributed by atoms with Gasteiger partial charge >= 0.3 is 0 Å². The van der Waals surface area contributed by atoms with E-state index < -0.39 is 0 Å². The van der Waals surface area contributed by atoms with Crippen LogP contribution in [0.25, 0.3) is 10.9 Å². The fourth-order valence-corrected chi connectivity index (χ4v) is 5.77. The highest BCUT2D eigenvalue weighted by atomic mass is 35.5. The monoisotopic (exact) mass is 521 g/mol. The van der Waals surface area contributed by atoms with Crippen molar-refractivity contribution in [2.45, 2.75) is 38.4 Å². The van der Waals surface area contributed by atoms with Gasteiger partial charge in [0.05, 0.1) is 41.1 Å². The van der Waals surface area contributed by atoms with E-state index in [2.05, 4.69) is 41.3 Å². The van der Waals surface area contributed by atoms with Gasteiger partial charge < -0.3 is 14.8 Å². The minimum atomic E-state index is -0.283. The van der Waals surface area contributed by atoms with Gasteiger partial charge in [0.15, 0.2) is 0 Å². The fraction of sp³-hybridized carbons (Fsp3) is 0.296. The second kappa shape index (κ2) is 8.39. The summed E-state index contributed by atoms with van der Waals surface area (Å²) in [4.78, 5) is 33.8. The van der Waals surface area contributed by atoms with Crippen LogP contribution in [-0.2, 0) is 18.6 Å². The van der Waals surface area contributed by atoms with Crippen molar-refractivity contribution in [2.75, 3.05) is 13.6 Å². The van der Waals surface area contributed by atoms with Crippen LogP contribution in [0.3, 0.4) is 0 Å². The SMILES string of the molecule is Cc1ccc(C2(N(C)C(=O)c3cnn4c3CN(C(=O)c3cc5c(Cl)cc(Cl)cc5[nH]3)CC4)CC2)cc1. The van der Waals surface area contributed by atoms with Crippen LogP contribution < -0.4 is 0 Å². The van der Waals surface area contributed by atoms with E-state index in [9.17, 15) is 9.59 Å². The van der Waals surface area contributed by atoms with Gasteiger partial charge in [-0.3, -0.25) is 14.3 Å². The quantitative estimate of drug-likeness (QED) is 0.390. The van der Waals surface area contributed by atoms with Gasteiger partial charge in [0.1, 0.15) is 5.69 Å². The number of H-pyrrole nitrogens is 1. The molecule has 2 aromatic carbocycles. The molecule has 0 atom stereocenters. The summed E-state index contributed by atoms with van der Waals surface area (Å²) in [6.07, 6.45) is 3.50. The van der Waals surface area contributed by atoms with Crippen LogP contribution in [0.2, 0.25) is 10.0 Å². The summed E-state index contributed by atoms with van der Waals surface area (Å²) in [6.45, 7) is 3.38. The molecule has 9 heteroatoms. The second-order valence-electron chi connectivity index (χ2n) is 9.75. The number of fused-ring (bicyclic) bond motifs is 2. The Labute approximate surface area is 218 Å². The van der Waals surface area contributed by atoms with E-state index in [-0.39, 0.29) is 17.4 Å². The normalized spacial score (nSPS) is 16.2. The van der Waals surface area contributed by atoms with Crippen LogP contribution in [0.4, 0.5) is 0 Å². The molecule has 1 aliphatic carbocycles. The lowest BCUT2D eigenvalue weighted by atomic mass is 10.0. The highest BCUT2D eigenvalue weighted by molar-refractivity contribution is 6.38. The topological polar surface area (TPSA) is 74.2 Å². The zero-order valence-corrected chi connectivity index (χ0v) is 21.5. The first-order valence-electron chi connectivity index (χ1n) is 11.9. The number of aromatic amines is 1. The first kappa shape index (κ1) is 23.1. The first-order valence-corrected chi connectivity index (χ1v) is 12.7. The largest absolute Gasteiger partial charge is 0.350 e. The Bertz CT molecular complexity index is 1520. The molecule has 6 rings (SSSR count). The van der Waals surface area contributed by atoms with E-state index in [0.29, 0.717) is 46.5 Å². The third-order valence-corrected chi connectivity index (χ3v) is 8.06. The average Bonchev–Trinajstić information content (AvgIpc) is 3.38. The molecule has 1 fully saturated rings. The molecule has 1 saturated carbocycles. The maximum Gasteiger partial charge on any atom is 0.270 e. The number of hydrogen-bond donors (Lipinski definition) is 1. The molecule has 0 unspecified atom stereocenters. The molecular weight excluding hydrogens is 497 g/mol. The summed E-state index contributed by atoms with van der Waals surface area (Å²) >= 11 is 12.4. The van der Waals surface area contributed by atoms with Crippen molar-refractivity contribution >= 4 is 45.9 Å². The molecule has 4 aromatic rings. The third-order valence-electron chi connectivity index (χ3n) is 7.53. The highest BCUT2D eigenvalue weighted by Gasteiger charge is 2.50. The lowest BCUT2D eigenvalue weighted by Gasteiger charge is -2.31. The zero-order valence-electron chi connectivity index (χ0n) is 20.0. The Morgan fingerprint density at radius 2 is 1.83 bits per heavy atom. The van der Waals surface area contributed by atoms with E-state index >= 15 is 0 Å². The predicted molar refractivity (Wildman–Crippen MR) is 139 cm³/mol. The van der Waals surface area contributed by atoms with Crippen LogP contribution in [0.15, 0.2) is 48.7 Å². The fourth-order valence-electron chi connectivity index (χ4n) is 5.22. The summed E-state index contributed by atoms with van der Waals surface area (Å²) in [6, 6.07) is 13.6. The van der Waals surface area contributed by atoms with Gasteiger partial charge in [-0.15, -0.1) is 0 Å². The molecule has 2 amide bonds. The minimum Gasteiger partial charge on any atom is -0.350 e. The summed E-state index contributed by atoms with van der Waals surface area (Å²) in [5, 5.41) is 6.20. The maximum absolute atomic E-state index is 13.7. The Balaban J connectivity index is 1.25. The van der Waals surface area contributed by atoms with E-state index in [0.717, 1.165) is 29.5 Å². The van der Waals surface area contributed by atoms with Gasteiger partial charge in [0.25, 0.3) is 11.8 Å². The summed E-state index contributed by atoms with van der Waals surface area (Å²) in [7, 11) is 1.87. The number of nitrogens with zero attached hydrogens (tertiary/aromatic N) is 4. The Morgan fingerprint density at radius 3 is 2.56 bits per heavy atom. The highest BCUT2D eigenvalue weighted by Crippen LogP contribution is 2.51. The number of rotatable bonds is 4. The van der Waals surface area contributed by atoms with Gasteiger partial charge in [0.2, 0.25) is 0 Å². The average molecular weight is 522 g/mol. The molecule has 1 N–H and O–H groups in total. The number of nitrogens with one attached hydrogen (secondary N) is 1. The molecule has 0 saturated heterocycles.